The van der Waals surface area contributed by atoms with Crippen LogP contribution in [0.5, 0.6) is 5.75 Å². The van der Waals surface area contributed by atoms with Gasteiger partial charge in [0.05, 0.1) is 29.3 Å². The van der Waals surface area contributed by atoms with E-state index in [1.165, 1.54) is 0 Å². The van der Waals surface area contributed by atoms with Crippen molar-refractivity contribution in [3.8, 4) is 5.75 Å². The largest absolute Gasteiger partial charge is 0.748 e. The number of fused-ring (bicyclic) bond motifs is 1. The van der Waals surface area contributed by atoms with E-state index in [0.717, 1.165) is 16.3 Å². The minimum atomic E-state index is -4.23. The van der Waals surface area contributed by atoms with Gasteiger partial charge in [-0.25, -0.2) is 8.42 Å². The van der Waals surface area contributed by atoms with E-state index < -0.39 is 15.9 Å². The lowest BCUT2D eigenvalue weighted by molar-refractivity contribution is -0.739. The monoisotopic (exact) mass is 374 g/mol. The summed E-state index contributed by atoms with van der Waals surface area (Å²) in [6, 6.07) is 5.29. The highest BCUT2D eigenvalue weighted by atomic mass is 35.5. The van der Waals surface area contributed by atoms with Gasteiger partial charge in [-0.2, -0.15) is 9.32 Å². The van der Waals surface area contributed by atoms with Crippen LogP contribution in [0.1, 0.15) is 26.7 Å². The van der Waals surface area contributed by atoms with Gasteiger partial charge in [0, 0.05) is 29.7 Å². The molecule has 0 spiro atoms. The third-order valence-electron chi connectivity index (χ3n) is 3.58. The number of benzene rings is 1. The van der Waals surface area contributed by atoms with Crippen molar-refractivity contribution < 1.29 is 27.0 Å². The first-order chi connectivity index (χ1) is 11.3. The Labute approximate surface area is 147 Å². The predicted molar refractivity (Wildman–Crippen MR) is 90.6 cm³/mol. The van der Waals surface area contributed by atoms with E-state index in [0.29, 0.717) is 36.3 Å². The molecule has 1 aromatic rings. The Bertz CT molecular complexity index is 758. The third kappa shape index (κ3) is 5.04. The minimum Gasteiger partial charge on any atom is -0.748 e. The minimum absolute atomic E-state index is 0.226. The Morgan fingerprint density at radius 3 is 2.79 bits per heavy atom. The molecule has 0 radical (unpaired) electrons. The Balaban J connectivity index is 2.27. The van der Waals surface area contributed by atoms with Gasteiger partial charge in [0.1, 0.15) is 11.8 Å². The standard InChI is InChI=1S/C16H20ClNO5S/c1-3-13(22-4-2)11-16-18(8-5-9-24(19,20)21)14-10-12(17)6-7-15(14)23-16/h6-7,10-11H,3-5,8-9H2,1-2H3/p+1/b13-11+. The highest BCUT2D eigenvalue weighted by molar-refractivity contribution is 7.85. The number of quaternary nitrogens is 1. The Morgan fingerprint density at radius 1 is 1.42 bits per heavy atom. The molecule has 0 saturated carbocycles. The lowest BCUT2D eigenvalue weighted by Crippen LogP contribution is -3.09. The lowest BCUT2D eigenvalue weighted by atomic mass is 10.2. The molecule has 8 heteroatoms. The number of allylic oxidation sites excluding steroid dienone is 1. The quantitative estimate of drug-likeness (QED) is 0.326. The summed E-state index contributed by atoms with van der Waals surface area (Å²) >= 11 is 6.06. The Morgan fingerprint density at radius 2 is 2.17 bits per heavy atom. The third-order valence-corrected chi connectivity index (χ3v) is 4.60. The van der Waals surface area contributed by atoms with E-state index in [9.17, 15) is 13.0 Å². The van der Waals surface area contributed by atoms with Crippen LogP contribution in [0.15, 0.2) is 30.0 Å². The number of rotatable bonds is 8. The highest BCUT2D eigenvalue weighted by Crippen LogP contribution is 2.28. The summed E-state index contributed by atoms with van der Waals surface area (Å²) in [5.74, 6) is 1.65. The normalized spacial score (nSPS) is 17.6. The molecule has 1 heterocycles. The van der Waals surface area contributed by atoms with Crippen molar-refractivity contribution in [2.45, 2.75) is 26.7 Å². The van der Waals surface area contributed by atoms with E-state index in [2.05, 4.69) is 0 Å². The highest BCUT2D eigenvalue weighted by Gasteiger charge is 2.42. The van der Waals surface area contributed by atoms with Gasteiger partial charge < -0.3 is 9.29 Å². The number of halogens is 1. The fourth-order valence-electron chi connectivity index (χ4n) is 2.52. The molecule has 0 bridgehead atoms. The first-order valence-corrected chi connectivity index (χ1v) is 9.77. The van der Waals surface area contributed by atoms with Crippen molar-refractivity contribution in [3.63, 3.8) is 0 Å². The molecule has 1 N–H and O–H groups in total. The zero-order chi connectivity index (χ0) is 17.7. The molecule has 132 valence electrons. The van der Waals surface area contributed by atoms with Crippen LogP contribution in [0.3, 0.4) is 0 Å². The SMILES string of the molecule is CCO/C(=C/C1=[O+]c2ccc(Cl)cc2[NH+]1CCCS(=O)(=O)[O-])CC. The van der Waals surface area contributed by atoms with Crippen molar-refractivity contribution >= 4 is 33.3 Å². The molecule has 24 heavy (non-hydrogen) atoms. The van der Waals surface area contributed by atoms with Crippen molar-refractivity contribution in [2.75, 3.05) is 18.9 Å². The van der Waals surface area contributed by atoms with Crippen LogP contribution in [0.4, 0.5) is 5.69 Å². The summed E-state index contributed by atoms with van der Waals surface area (Å²) in [6.45, 7) is 4.84. The summed E-state index contributed by atoms with van der Waals surface area (Å²) in [7, 11) is -4.23. The van der Waals surface area contributed by atoms with Gasteiger partial charge in [-0.15, -0.1) is 0 Å². The second kappa shape index (κ2) is 8.11. The van der Waals surface area contributed by atoms with Crippen LogP contribution in [0.25, 0.3) is 0 Å². The average molecular weight is 375 g/mol. The molecule has 0 aromatic heterocycles. The number of amides is 1. The van der Waals surface area contributed by atoms with Gasteiger partial charge in [0.2, 0.25) is 0 Å². The number of hydrogen-bond donors (Lipinski definition) is 1. The lowest BCUT2D eigenvalue weighted by Gasteiger charge is -2.10. The molecule has 2 rings (SSSR count). The number of hydrogen-bond acceptors (Lipinski definition) is 4. The fourth-order valence-corrected chi connectivity index (χ4v) is 3.19. The van der Waals surface area contributed by atoms with E-state index >= 15 is 0 Å². The van der Waals surface area contributed by atoms with Crippen LogP contribution >= 0.6 is 11.6 Å². The summed E-state index contributed by atoms with van der Waals surface area (Å²) in [6.07, 6.45) is 2.75. The van der Waals surface area contributed by atoms with E-state index in [1.807, 2.05) is 19.9 Å². The molecule has 0 aliphatic carbocycles. The van der Waals surface area contributed by atoms with Gasteiger partial charge in [-0.3, -0.25) is 0 Å². The molecule has 1 aliphatic heterocycles. The molecule has 1 aliphatic rings. The maximum Gasteiger partial charge on any atom is 0.525 e. The molecule has 1 atom stereocenters. The Kier molecular flexibility index (Phi) is 6.40. The average Bonchev–Trinajstić information content (AvgIpc) is 2.83. The van der Waals surface area contributed by atoms with Crippen LogP contribution < -0.4 is 4.90 Å². The zero-order valence-electron chi connectivity index (χ0n) is 13.7. The van der Waals surface area contributed by atoms with E-state index in [4.69, 9.17) is 20.8 Å². The maximum absolute atomic E-state index is 10.8. The van der Waals surface area contributed by atoms with E-state index in [-0.39, 0.29) is 6.42 Å². The number of ether oxygens (including phenoxy) is 1. The molecule has 0 amide bonds. The van der Waals surface area contributed by atoms with Gasteiger partial charge in [-0.1, -0.05) is 18.5 Å². The zero-order valence-corrected chi connectivity index (χ0v) is 15.2. The summed E-state index contributed by atoms with van der Waals surface area (Å²) in [5, 5.41) is 0.567. The second-order valence-electron chi connectivity index (χ2n) is 5.35. The molecular weight excluding hydrogens is 354 g/mol. The first-order valence-electron chi connectivity index (χ1n) is 7.82. The van der Waals surface area contributed by atoms with Gasteiger partial charge in [0.15, 0.2) is 0 Å². The van der Waals surface area contributed by atoms with Crippen molar-refractivity contribution in [1.29, 1.82) is 0 Å². The van der Waals surface area contributed by atoms with Gasteiger partial charge in [-0.05, 0) is 13.0 Å². The predicted octanol–water partition coefficient (Wildman–Crippen LogP) is 1.91. The summed E-state index contributed by atoms with van der Waals surface area (Å²) in [5.41, 5.74) is 0.823. The maximum atomic E-state index is 10.8. The molecular formula is C16H21ClNO5S+. The molecule has 0 fully saturated rings. The first kappa shape index (κ1) is 18.9. The van der Waals surface area contributed by atoms with Crippen molar-refractivity contribution in [2.24, 2.45) is 0 Å². The van der Waals surface area contributed by atoms with Gasteiger partial charge >= 0.3 is 11.7 Å². The van der Waals surface area contributed by atoms with Crippen LogP contribution in [-0.2, 0) is 19.3 Å². The number of carbonyl (C=O) groups excluding carboxylic acids is 1. The second-order valence-corrected chi connectivity index (χ2v) is 7.31. The van der Waals surface area contributed by atoms with E-state index in [1.54, 1.807) is 18.2 Å². The fraction of sp³-hybridized carbons (Fsp3) is 0.438. The molecule has 1 unspecified atom stereocenters. The Hall–Kier alpha value is -1.41. The van der Waals surface area contributed by atoms with Crippen LogP contribution in [0.2, 0.25) is 5.02 Å². The molecule has 0 saturated heterocycles. The summed E-state index contributed by atoms with van der Waals surface area (Å²) in [4.78, 5) is 0.835. The molecule has 1 aromatic carbocycles. The summed E-state index contributed by atoms with van der Waals surface area (Å²) < 4.78 is 43.9. The van der Waals surface area contributed by atoms with Crippen LogP contribution in [0, 0.1) is 0 Å². The smallest absolute Gasteiger partial charge is 0.525 e. The number of nitrogens with one attached hydrogen (secondary N) is 1. The van der Waals surface area contributed by atoms with Crippen LogP contribution in [-0.4, -0.2) is 37.8 Å². The molecule has 6 nitrogen and oxygen atoms in total. The van der Waals surface area contributed by atoms with Crippen molar-refractivity contribution in [1.82, 2.24) is 0 Å². The topological polar surface area (TPSA) is 82.2 Å². The van der Waals surface area contributed by atoms with Gasteiger partial charge in [0.25, 0.3) is 5.69 Å². The van der Waals surface area contributed by atoms with Crippen molar-refractivity contribution in [3.05, 3.63) is 35.1 Å².